The average Bonchev–Trinajstić information content (AvgIpc) is 2.32. The average molecular weight is 361 g/mol. The number of carbonyl (C=O) groups excluding carboxylic acids is 2. The summed E-state index contributed by atoms with van der Waals surface area (Å²) in [5.74, 6) is 1.69. The Labute approximate surface area is 147 Å². The Morgan fingerprint density at radius 2 is 1.68 bits per heavy atom. The van der Waals surface area contributed by atoms with Gasteiger partial charge >= 0.3 is 12.1 Å². The molecule has 0 N–H and O–H groups in total. The molecule has 0 unspecified atom stereocenters. The number of halogens is 3. The molecule has 1 fully saturated rings. The minimum absolute atomic E-state index is 0.148. The van der Waals surface area contributed by atoms with Gasteiger partial charge in [0, 0.05) is 24.8 Å². The van der Waals surface area contributed by atoms with Crippen molar-refractivity contribution in [2.75, 3.05) is 7.05 Å². The minimum atomic E-state index is -4.51. The van der Waals surface area contributed by atoms with E-state index in [9.17, 15) is 22.8 Å². The van der Waals surface area contributed by atoms with Gasteiger partial charge in [-0.1, -0.05) is 19.8 Å². The van der Waals surface area contributed by atoms with Crippen LogP contribution in [0.1, 0.15) is 47.5 Å². The molecule has 4 nitrogen and oxygen atoms in total. The van der Waals surface area contributed by atoms with E-state index in [-0.39, 0.29) is 24.7 Å². The fourth-order valence-corrected chi connectivity index (χ4v) is 2.79. The van der Waals surface area contributed by atoms with E-state index in [1.807, 2.05) is 13.8 Å². The maximum atomic E-state index is 12.5. The number of carbonyl (C=O) groups is 2. The van der Waals surface area contributed by atoms with E-state index < -0.39 is 35.6 Å². The van der Waals surface area contributed by atoms with Crippen LogP contribution in [0.25, 0.3) is 0 Å². The highest BCUT2D eigenvalue weighted by Gasteiger charge is 2.40. The molecule has 1 atom stereocenters. The van der Waals surface area contributed by atoms with Crippen molar-refractivity contribution in [1.82, 2.24) is 4.90 Å². The molecular weight excluding hydrogens is 335 g/mol. The van der Waals surface area contributed by atoms with Crippen LogP contribution in [0.4, 0.5) is 13.2 Å². The van der Waals surface area contributed by atoms with Crippen LogP contribution in [-0.2, 0) is 14.3 Å². The number of rotatable bonds is 4. The van der Waals surface area contributed by atoms with Crippen molar-refractivity contribution >= 4 is 11.9 Å². The molecule has 0 heterocycles. The van der Waals surface area contributed by atoms with Crippen LogP contribution in [0, 0.1) is 29.6 Å². The Balaban J connectivity index is 2.70. The summed E-state index contributed by atoms with van der Waals surface area (Å²) in [6, 6.07) is -0.730. The van der Waals surface area contributed by atoms with Gasteiger partial charge in [-0.3, -0.25) is 4.79 Å². The second-order valence-corrected chi connectivity index (χ2v) is 7.80. The highest BCUT2D eigenvalue weighted by molar-refractivity contribution is 5.86. The lowest BCUT2D eigenvalue weighted by molar-refractivity contribution is -0.167. The van der Waals surface area contributed by atoms with E-state index in [0.717, 1.165) is 0 Å². The van der Waals surface area contributed by atoms with Crippen LogP contribution in [0.2, 0.25) is 0 Å². The third-order valence-corrected chi connectivity index (χ3v) is 3.95. The molecule has 142 valence electrons. The third kappa shape index (κ3) is 6.60. The van der Waals surface area contributed by atoms with Crippen LogP contribution in [0.5, 0.6) is 0 Å². The molecule has 1 rings (SSSR count). The zero-order chi connectivity index (χ0) is 19.6. The molecule has 0 aliphatic heterocycles. The summed E-state index contributed by atoms with van der Waals surface area (Å²) in [7, 11) is 1.53. The zero-order valence-electron chi connectivity index (χ0n) is 15.5. The van der Waals surface area contributed by atoms with Gasteiger partial charge in [-0.25, -0.2) is 4.79 Å². The van der Waals surface area contributed by atoms with E-state index in [2.05, 4.69) is 5.92 Å². The Morgan fingerprint density at radius 1 is 1.16 bits per heavy atom. The quantitative estimate of drug-likeness (QED) is 0.570. The maximum absolute atomic E-state index is 12.5. The molecule has 0 bridgehead atoms. The molecule has 1 saturated carbocycles. The van der Waals surface area contributed by atoms with Crippen molar-refractivity contribution in [2.45, 2.75) is 65.3 Å². The Kier molecular flexibility index (Phi) is 6.55. The Hall–Kier alpha value is -1.71. The number of amides is 1. The van der Waals surface area contributed by atoms with Gasteiger partial charge in [-0.2, -0.15) is 13.2 Å². The first-order chi connectivity index (χ1) is 11.2. The summed E-state index contributed by atoms with van der Waals surface area (Å²) in [4.78, 5) is 26.3. The monoisotopic (exact) mass is 361 g/mol. The van der Waals surface area contributed by atoms with E-state index >= 15 is 0 Å². The van der Waals surface area contributed by atoms with E-state index in [1.54, 1.807) is 20.8 Å². The summed E-state index contributed by atoms with van der Waals surface area (Å²) < 4.78 is 41.6. The number of hydrogen-bond donors (Lipinski definition) is 0. The number of nitrogens with zero attached hydrogens (tertiary/aromatic N) is 1. The molecule has 7 heteroatoms. The second-order valence-electron chi connectivity index (χ2n) is 7.80. The normalized spacial score (nSPS) is 21.7. The third-order valence-electron chi connectivity index (χ3n) is 3.95. The number of alkyl halides is 3. The standard InChI is InChI=1S/C18H26F3NO3/c1-11(2)14(16(24)25-17(3,4)5)22(6)15(23)13-9-12(10-13)7-8-18(19,20)21/h11-14H,9-10H2,1-6H3/t12?,13?,14-/m0/s1. The highest BCUT2D eigenvalue weighted by atomic mass is 19.4. The van der Waals surface area contributed by atoms with Crippen LogP contribution in [-0.4, -0.2) is 41.6 Å². The van der Waals surface area contributed by atoms with Gasteiger partial charge in [0.2, 0.25) is 5.91 Å². The first-order valence-electron chi connectivity index (χ1n) is 8.30. The van der Waals surface area contributed by atoms with E-state index in [0.29, 0.717) is 0 Å². The van der Waals surface area contributed by atoms with Gasteiger partial charge in [0.15, 0.2) is 0 Å². The Morgan fingerprint density at radius 3 is 2.08 bits per heavy atom. The summed E-state index contributed by atoms with van der Waals surface area (Å²) in [6.45, 7) is 8.88. The van der Waals surface area contributed by atoms with Crippen LogP contribution >= 0.6 is 0 Å². The van der Waals surface area contributed by atoms with E-state index in [4.69, 9.17) is 4.74 Å². The number of esters is 1. The predicted octanol–water partition coefficient (Wildman–Crippen LogP) is 3.40. The van der Waals surface area contributed by atoms with Crippen LogP contribution in [0.15, 0.2) is 0 Å². The highest BCUT2D eigenvalue weighted by Crippen LogP contribution is 2.35. The van der Waals surface area contributed by atoms with Gasteiger partial charge in [-0.05, 0) is 39.5 Å². The Bertz CT molecular complexity index is 561. The van der Waals surface area contributed by atoms with Crippen LogP contribution in [0.3, 0.4) is 0 Å². The molecule has 25 heavy (non-hydrogen) atoms. The molecule has 1 aliphatic carbocycles. The topological polar surface area (TPSA) is 46.6 Å². The predicted molar refractivity (Wildman–Crippen MR) is 87.3 cm³/mol. The van der Waals surface area contributed by atoms with Gasteiger partial charge < -0.3 is 9.64 Å². The van der Waals surface area contributed by atoms with Crippen molar-refractivity contribution < 1.29 is 27.5 Å². The largest absolute Gasteiger partial charge is 0.458 e. The number of hydrogen-bond acceptors (Lipinski definition) is 3. The van der Waals surface area contributed by atoms with Crippen LogP contribution < -0.4 is 0 Å². The molecule has 1 aliphatic rings. The smallest absolute Gasteiger partial charge is 0.457 e. The lowest BCUT2D eigenvalue weighted by atomic mass is 9.74. The van der Waals surface area contributed by atoms with Gasteiger partial charge in [-0.15, -0.1) is 0 Å². The lowest BCUT2D eigenvalue weighted by Crippen LogP contribution is -2.51. The second kappa shape index (κ2) is 7.67. The first-order valence-corrected chi connectivity index (χ1v) is 8.30. The zero-order valence-corrected chi connectivity index (χ0v) is 15.5. The van der Waals surface area contributed by atoms with E-state index in [1.165, 1.54) is 17.9 Å². The van der Waals surface area contributed by atoms with Crippen molar-refractivity contribution in [2.24, 2.45) is 17.8 Å². The maximum Gasteiger partial charge on any atom is 0.457 e. The SMILES string of the molecule is CC(C)[C@@H](C(=O)OC(C)(C)C)N(C)C(=O)C1CC(C#CC(F)(F)F)C1. The van der Waals surface area contributed by atoms with Gasteiger partial charge in [0.05, 0.1) is 0 Å². The van der Waals surface area contributed by atoms with Crippen molar-refractivity contribution in [3.8, 4) is 11.8 Å². The summed E-state index contributed by atoms with van der Waals surface area (Å²) in [6.07, 6.45) is -3.94. The molecule has 0 aromatic carbocycles. The number of likely N-dealkylation sites (N-methyl/N-ethyl adjacent to an activating group) is 1. The van der Waals surface area contributed by atoms with Crippen molar-refractivity contribution in [3.63, 3.8) is 0 Å². The summed E-state index contributed by atoms with van der Waals surface area (Å²) in [5.41, 5.74) is -0.664. The molecular formula is C18H26F3NO3. The lowest BCUT2D eigenvalue weighted by Gasteiger charge is -2.38. The van der Waals surface area contributed by atoms with Gasteiger partial charge in [0.1, 0.15) is 11.6 Å². The summed E-state index contributed by atoms with van der Waals surface area (Å²) in [5, 5.41) is 0. The fraction of sp³-hybridized carbons (Fsp3) is 0.778. The minimum Gasteiger partial charge on any atom is -0.458 e. The molecule has 0 aromatic heterocycles. The fourth-order valence-electron chi connectivity index (χ4n) is 2.79. The van der Waals surface area contributed by atoms with Crippen molar-refractivity contribution in [1.29, 1.82) is 0 Å². The molecule has 0 radical (unpaired) electrons. The molecule has 1 amide bonds. The molecule has 0 aromatic rings. The molecule has 0 spiro atoms. The number of ether oxygens (including phenoxy) is 1. The first kappa shape index (κ1) is 21.3. The molecule has 0 saturated heterocycles. The van der Waals surface area contributed by atoms with Crippen molar-refractivity contribution in [3.05, 3.63) is 0 Å². The summed E-state index contributed by atoms with van der Waals surface area (Å²) >= 11 is 0. The van der Waals surface area contributed by atoms with Gasteiger partial charge in [0.25, 0.3) is 0 Å².